The summed E-state index contributed by atoms with van der Waals surface area (Å²) in [4.78, 5) is 11.3. The van der Waals surface area contributed by atoms with Crippen LogP contribution in [0, 0.1) is 18.3 Å². The molecule has 0 aliphatic carbocycles. The summed E-state index contributed by atoms with van der Waals surface area (Å²) in [6, 6.07) is 6.39. The van der Waals surface area contributed by atoms with Gasteiger partial charge in [-0.25, -0.2) is 8.42 Å². The second kappa shape index (κ2) is 4.97. The van der Waals surface area contributed by atoms with E-state index in [1.54, 1.807) is 19.1 Å². The monoisotopic (exact) mass is 252 g/mol. The van der Waals surface area contributed by atoms with Crippen molar-refractivity contribution in [2.24, 2.45) is 0 Å². The maximum atomic E-state index is 11.5. The molecule has 0 aromatic heterocycles. The Morgan fingerprint density at radius 1 is 1.47 bits per heavy atom. The summed E-state index contributed by atoms with van der Waals surface area (Å²) in [5.41, 5.74) is 0.988. The SMILES string of the molecule is Cc1ccc(NC(=O)CC#N)c(S(C)(=O)=O)c1. The van der Waals surface area contributed by atoms with Gasteiger partial charge in [0, 0.05) is 6.26 Å². The van der Waals surface area contributed by atoms with E-state index in [0.717, 1.165) is 11.8 Å². The Balaban J connectivity index is 3.17. The molecule has 0 atom stereocenters. The highest BCUT2D eigenvalue weighted by molar-refractivity contribution is 7.90. The Kier molecular flexibility index (Phi) is 3.86. The lowest BCUT2D eigenvalue weighted by Gasteiger charge is -2.09. The van der Waals surface area contributed by atoms with Gasteiger partial charge < -0.3 is 5.32 Å². The molecular weight excluding hydrogens is 240 g/mol. The second-order valence-electron chi connectivity index (χ2n) is 3.65. The van der Waals surface area contributed by atoms with Crippen LogP contribution in [-0.2, 0) is 14.6 Å². The second-order valence-corrected chi connectivity index (χ2v) is 5.64. The molecule has 1 N–H and O–H groups in total. The minimum absolute atomic E-state index is 0.0591. The normalized spacial score (nSPS) is 10.6. The quantitative estimate of drug-likeness (QED) is 0.877. The number of hydrogen-bond acceptors (Lipinski definition) is 4. The van der Waals surface area contributed by atoms with Gasteiger partial charge in [0.25, 0.3) is 0 Å². The average molecular weight is 252 g/mol. The Morgan fingerprint density at radius 3 is 2.65 bits per heavy atom. The fraction of sp³-hybridized carbons (Fsp3) is 0.273. The molecule has 0 radical (unpaired) electrons. The van der Waals surface area contributed by atoms with Crippen molar-refractivity contribution in [1.29, 1.82) is 5.26 Å². The summed E-state index contributed by atoms with van der Waals surface area (Å²) in [5, 5.41) is 10.8. The molecule has 0 saturated heterocycles. The number of sulfone groups is 1. The van der Waals surface area contributed by atoms with Crippen molar-refractivity contribution in [3.8, 4) is 6.07 Å². The smallest absolute Gasteiger partial charge is 0.238 e. The summed E-state index contributed by atoms with van der Waals surface area (Å²) in [7, 11) is -3.41. The fourth-order valence-electron chi connectivity index (χ4n) is 1.31. The zero-order valence-corrected chi connectivity index (χ0v) is 10.3. The molecule has 0 unspecified atom stereocenters. The number of carbonyl (C=O) groups excluding carboxylic acids is 1. The Morgan fingerprint density at radius 2 is 2.12 bits per heavy atom. The molecule has 0 bridgehead atoms. The minimum Gasteiger partial charge on any atom is -0.324 e. The molecule has 6 heteroatoms. The number of nitriles is 1. The third-order valence-electron chi connectivity index (χ3n) is 2.05. The maximum absolute atomic E-state index is 11.5. The zero-order valence-electron chi connectivity index (χ0n) is 9.52. The summed E-state index contributed by atoms with van der Waals surface area (Å²) >= 11 is 0. The van der Waals surface area contributed by atoms with Gasteiger partial charge in [0.15, 0.2) is 9.84 Å². The van der Waals surface area contributed by atoms with E-state index in [1.165, 1.54) is 12.1 Å². The molecule has 0 aliphatic rings. The highest BCUT2D eigenvalue weighted by atomic mass is 32.2. The van der Waals surface area contributed by atoms with E-state index in [9.17, 15) is 13.2 Å². The molecule has 0 spiro atoms. The molecule has 0 aliphatic heterocycles. The number of hydrogen-bond donors (Lipinski definition) is 1. The predicted octanol–water partition coefficient (Wildman–Crippen LogP) is 1.25. The van der Waals surface area contributed by atoms with E-state index in [-0.39, 0.29) is 17.0 Å². The lowest BCUT2D eigenvalue weighted by atomic mass is 10.2. The van der Waals surface area contributed by atoms with Gasteiger partial charge in [0.2, 0.25) is 5.91 Å². The average Bonchev–Trinajstić information content (AvgIpc) is 2.19. The number of benzene rings is 1. The van der Waals surface area contributed by atoms with Crippen LogP contribution in [0.2, 0.25) is 0 Å². The highest BCUT2D eigenvalue weighted by Crippen LogP contribution is 2.22. The molecule has 1 aromatic rings. The highest BCUT2D eigenvalue weighted by Gasteiger charge is 2.15. The topological polar surface area (TPSA) is 87.0 Å². The molecule has 17 heavy (non-hydrogen) atoms. The lowest BCUT2D eigenvalue weighted by Crippen LogP contribution is -2.13. The van der Waals surface area contributed by atoms with Crippen molar-refractivity contribution >= 4 is 21.4 Å². The largest absolute Gasteiger partial charge is 0.324 e. The van der Waals surface area contributed by atoms with Crippen LogP contribution in [0.25, 0.3) is 0 Å². The van der Waals surface area contributed by atoms with Crippen LogP contribution < -0.4 is 5.32 Å². The molecule has 0 fully saturated rings. The molecule has 1 rings (SSSR count). The van der Waals surface area contributed by atoms with Crippen LogP contribution in [0.15, 0.2) is 23.1 Å². The zero-order chi connectivity index (χ0) is 13.1. The van der Waals surface area contributed by atoms with Crippen LogP contribution in [0.5, 0.6) is 0 Å². The van der Waals surface area contributed by atoms with Crippen LogP contribution in [0.1, 0.15) is 12.0 Å². The van der Waals surface area contributed by atoms with Gasteiger partial charge in [-0.2, -0.15) is 5.26 Å². The molecule has 90 valence electrons. The van der Waals surface area contributed by atoms with Gasteiger partial charge in [-0.15, -0.1) is 0 Å². The van der Waals surface area contributed by atoms with Gasteiger partial charge >= 0.3 is 0 Å². The standard InChI is InChI=1S/C11H12N2O3S/c1-8-3-4-9(13-11(14)5-6-12)10(7-8)17(2,15)16/h3-4,7H,5H2,1-2H3,(H,13,14). The number of rotatable bonds is 3. The van der Waals surface area contributed by atoms with Crippen molar-refractivity contribution < 1.29 is 13.2 Å². The Hall–Kier alpha value is -1.87. The molecular formula is C11H12N2O3S. The third-order valence-corrected chi connectivity index (χ3v) is 3.19. The van der Waals surface area contributed by atoms with Gasteiger partial charge in [-0.05, 0) is 24.6 Å². The van der Waals surface area contributed by atoms with Gasteiger partial charge in [0.05, 0.1) is 16.7 Å². The first-order chi connectivity index (χ1) is 7.84. The number of carbonyl (C=O) groups is 1. The molecule has 0 heterocycles. The maximum Gasteiger partial charge on any atom is 0.238 e. The van der Waals surface area contributed by atoms with Crippen molar-refractivity contribution in [2.45, 2.75) is 18.2 Å². The summed E-state index contributed by atoms with van der Waals surface area (Å²) in [6.45, 7) is 1.76. The van der Waals surface area contributed by atoms with Gasteiger partial charge in [-0.3, -0.25) is 4.79 Å². The third kappa shape index (κ3) is 3.57. The van der Waals surface area contributed by atoms with Crippen molar-refractivity contribution in [3.05, 3.63) is 23.8 Å². The Labute approximate surface area is 100.0 Å². The first-order valence-corrected chi connectivity index (χ1v) is 6.71. The van der Waals surface area contributed by atoms with Crippen LogP contribution in [0.4, 0.5) is 5.69 Å². The van der Waals surface area contributed by atoms with Gasteiger partial charge in [-0.1, -0.05) is 6.07 Å². The summed E-state index contributed by atoms with van der Waals surface area (Å²) in [5.74, 6) is -0.527. The van der Waals surface area contributed by atoms with Gasteiger partial charge in [0.1, 0.15) is 6.42 Å². The number of aryl methyl sites for hydroxylation is 1. The molecule has 0 saturated carbocycles. The molecule has 1 aromatic carbocycles. The number of nitrogens with zero attached hydrogens (tertiary/aromatic N) is 1. The Bertz CT molecular complexity index is 585. The van der Waals surface area contributed by atoms with E-state index < -0.39 is 15.7 Å². The van der Waals surface area contributed by atoms with Crippen molar-refractivity contribution in [2.75, 3.05) is 11.6 Å². The van der Waals surface area contributed by atoms with Crippen molar-refractivity contribution in [3.63, 3.8) is 0 Å². The van der Waals surface area contributed by atoms with E-state index >= 15 is 0 Å². The predicted molar refractivity (Wildman–Crippen MR) is 63.1 cm³/mol. The van der Waals surface area contributed by atoms with E-state index in [2.05, 4.69) is 5.32 Å². The minimum atomic E-state index is -3.41. The summed E-state index contributed by atoms with van der Waals surface area (Å²) < 4.78 is 23.1. The molecule has 1 amide bonds. The molecule has 5 nitrogen and oxygen atoms in total. The van der Waals surface area contributed by atoms with Crippen LogP contribution in [-0.4, -0.2) is 20.6 Å². The number of nitrogens with one attached hydrogen (secondary N) is 1. The first kappa shape index (κ1) is 13.2. The fourth-order valence-corrected chi connectivity index (χ4v) is 2.22. The van der Waals surface area contributed by atoms with E-state index in [4.69, 9.17) is 5.26 Å². The lowest BCUT2D eigenvalue weighted by molar-refractivity contribution is -0.115. The summed E-state index contributed by atoms with van der Waals surface area (Å²) in [6.07, 6.45) is 0.763. The number of amides is 1. The van der Waals surface area contributed by atoms with Crippen molar-refractivity contribution in [1.82, 2.24) is 0 Å². The van der Waals surface area contributed by atoms with E-state index in [0.29, 0.717) is 0 Å². The van der Waals surface area contributed by atoms with Crippen LogP contribution >= 0.6 is 0 Å². The number of anilines is 1. The van der Waals surface area contributed by atoms with E-state index in [1.807, 2.05) is 0 Å². The van der Waals surface area contributed by atoms with Crippen LogP contribution in [0.3, 0.4) is 0 Å². The first-order valence-electron chi connectivity index (χ1n) is 4.82.